The lowest BCUT2D eigenvalue weighted by molar-refractivity contribution is -0.117. The molecule has 0 rings (SSSR count). The van der Waals surface area contributed by atoms with Gasteiger partial charge in [0, 0.05) is 13.1 Å². The van der Waals surface area contributed by atoms with Crippen molar-refractivity contribution in [3.05, 3.63) is 25.3 Å². The predicted octanol–water partition coefficient (Wildman–Crippen LogP) is 0.761. The monoisotopic (exact) mass is 210 g/mol. The van der Waals surface area contributed by atoms with Gasteiger partial charge in [0.15, 0.2) is 0 Å². The lowest BCUT2D eigenvalue weighted by Gasteiger charge is -2.03. The molecule has 0 heterocycles. The van der Waals surface area contributed by atoms with E-state index in [1.54, 1.807) is 0 Å². The van der Waals surface area contributed by atoms with E-state index in [-0.39, 0.29) is 11.8 Å². The van der Waals surface area contributed by atoms with Crippen molar-refractivity contribution >= 4 is 11.8 Å². The summed E-state index contributed by atoms with van der Waals surface area (Å²) in [6.45, 7) is 8.00. The van der Waals surface area contributed by atoms with Crippen molar-refractivity contribution in [3.63, 3.8) is 0 Å². The highest BCUT2D eigenvalue weighted by Gasteiger charge is 1.94. The first kappa shape index (κ1) is 13.4. The van der Waals surface area contributed by atoms with E-state index >= 15 is 0 Å². The summed E-state index contributed by atoms with van der Waals surface area (Å²) in [6.07, 6.45) is 5.29. The lowest BCUT2D eigenvalue weighted by Crippen LogP contribution is -2.23. The van der Waals surface area contributed by atoms with Crippen LogP contribution in [0.3, 0.4) is 0 Å². The minimum absolute atomic E-state index is 0.144. The summed E-state index contributed by atoms with van der Waals surface area (Å²) in [4.78, 5) is 21.5. The highest BCUT2D eigenvalue weighted by molar-refractivity contribution is 5.87. The molecule has 4 nitrogen and oxygen atoms in total. The number of rotatable bonds is 8. The second-order valence-electron chi connectivity index (χ2n) is 3.05. The third-order valence-corrected chi connectivity index (χ3v) is 1.82. The zero-order chi connectivity index (χ0) is 11.5. The summed E-state index contributed by atoms with van der Waals surface area (Å²) in [5, 5.41) is 5.37. The van der Waals surface area contributed by atoms with Gasteiger partial charge in [0.2, 0.25) is 11.8 Å². The molecule has 0 aliphatic rings. The van der Waals surface area contributed by atoms with Crippen LogP contribution in [0.2, 0.25) is 0 Å². The molecule has 0 aromatic heterocycles. The van der Waals surface area contributed by atoms with Gasteiger partial charge in [-0.1, -0.05) is 13.2 Å². The maximum atomic E-state index is 10.7. The predicted molar refractivity (Wildman–Crippen MR) is 60.3 cm³/mol. The Morgan fingerprint density at radius 1 is 0.867 bits per heavy atom. The Kier molecular flexibility index (Phi) is 8.05. The van der Waals surface area contributed by atoms with Gasteiger partial charge in [-0.05, 0) is 31.4 Å². The van der Waals surface area contributed by atoms with Gasteiger partial charge in [-0.25, -0.2) is 0 Å². The van der Waals surface area contributed by atoms with E-state index in [1.165, 1.54) is 12.2 Å². The highest BCUT2D eigenvalue weighted by atomic mass is 16.2. The Labute approximate surface area is 90.4 Å². The van der Waals surface area contributed by atoms with Gasteiger partial charge in [0.1, 0.15) is 0 Å². The SMILES string of the molecule is C=CC(=O)NCCCCCNC(=O)C=C. The number of carbonyl (C=O) groups excluding carboxylic acids is 2. The molecular weight excluding hydrogens is 192 g/mol. The van der Waals surface area contributed by atoms with Gasteiger partial charge in [-0.2, -0.15) is 0 Å². The molecule has 0 aliphatic carbocycles. The van der Waals surface area contributed by atoms with Crippen LogP contribution in [-0.4, -0.2) is 24.9 Å². The van der Waals surface area contributed by atoms with Gasteiger partial charge < -0.3 is 10.6 Å². The normalized spacial score (nSPS) is 9.07. The van der Waals surface area contributed by atoms with Crippen molar-refractivity contribution in [2.75, 3.05) is 13.1 Å². The van der Waals surface area contributed by atoms with E-state index in [0.717, 1.165) is 19.3 Å². The molecule has 84 valence electrons. The molecule has 0 aliphatic heterocycles. The molecular formula is C11H18N2O2. The van der Waals surface area contributed by atoms with Crippen LogP contribution >= 0.6 is 0 Å². The summed E-state index contributed by atoms with van der Waals surface area (Å²) in [7, 11) is 0. The topological polar surface area (TPSA) is 58.2 Å². The zero-order valence-corrected chi connectivity index (χ0v) is 8.92. The molecule has 0 saturated heterocycles. The van der Waals surface area contributed by atoms with Crippen LogP contribution in [0, 0.1) is 0 Å². The van der Waals surface area contributed by atoms with Gasteiger partial charge in [0.25, 0.3) is 0 Å². The Balaban J connectivity index is 3.18. The third kappa shape index (κ3) is 8.74. The molecule has 15 heavy (non-hydrogen) atoms. The Bertz CT molecular complexity index is 213. The van der Waals surface area contributed by atoms with E-state index < -0.39 is 0 Å². The third-order valence-electron chi connectivity index (χ3n) is 1.82. The molecule has 2 N–H and O–H groups in total. The second kappa shape index (κ2) is 8.99. The van der Waals surface area contributed by atoms with Gasteiger partial charge in [-0.3, -0.25) is 9.59 Å². The average Bonchev–Trinajstić information content (AvgIpc) is 2.26. The molecule has 4 heteroatoms. The standard InChI is InChI=1S/C11H18N2O2/c1-3-10(14)12-8-6-5-7-9-13-11(15)4-2/h3-4H,1-2,5-9H2,(H,12,14)(H,13,15). The molecule has 0 bridgehead atoms. The summed E-state index contributed by atoms with van der Waals surface area (Å²) < 4.78 is 0. The van der Waals surface area contributed by atoms with E-state index in [2.05, 4.69) is 23.8 Å². The number of hydrogen-bond donors (Lipinski definition) is 2. The first-order valence-electron chi connectivity index (χ1n) is 5.01. The second-order valence-corrected chi connectivity index (χ2v) is 3.05. The first-order chi connectivity index (χ1) is 7.20. The zero-order valence-electron chi connectivity index (χ0n) is 8.92. The van der Waals surface area contributed by atoms with Crippen LogP contribution in [0.15, 0.2) is 25.3 Å². The van der Waals surface area contributed by atoms with Crippen LogP contribution in [0.5, 0.6) is 0 Å². The molecule has 0 aromatic carbocycles. The Hall–Kier alpha value is -1.58. The molecule has 0 atom stereocenters. The van der Waals surface area contributed by atoms with Crippen LogP contribution < -0.4 is 10.6 Å². The maximum Gasteiger partial charge on any atom is 0.243 e. The van der Waals surface area contributed by atoms with Gasteiger partial charge >= 0.3 is 0 Å². The minimum atomic E-state index is -0.144. The molecule has 2 amide bonds. The van der Waals surface area contributed by atoms with E-state index in [9.17, 15) is 9.59 Å². The average molecular weight is 210 g/mol. The van der Waals surface area contributed by atoms with E-state index in [1.807, 2.05) is 0 Å². The maximum absolute atomic E-state index is 10.7. The smallest absolute Gasteiger partial charge is 0.243 e. The van der Waals surface area contributed by atoms with Crippen molar-refractivity contribution in [1.29, 1.82) is 0 Å². The fourth-order valence-electron chi connectivity index (χ4n) is 0.994. The highest BCUT2D eigenvalue weighted by Crippen LogP contribution is 1.92. The van der Waals surface area contributed by atoms with Gasteiger partial charge in [0.05, 0.1) is 0 Å². The van der Waals surface area contributed by atoms with Crippen molar-refractivity contribution in [2.45, 2.75) is 19.3 Å². The fraction of sp³-hybridized carbons (Fsp3) is 0.455. The minimum Gasteiger partial charge on any atom is -0.353 e. The molecule has 0 unspecified atom stereocenters. The molecule has 0 fully saturated rings. The Morgan fingerprint density at radius 2 is 1.27 bits per heavy atom. The number of unbranched alkanes of at least 4 members (excludes halogenated alkanes) is 2. The molecule has 0 aromatic rings. The lowest BCUT2D eigenvalue weighted by atomic mass is 10.2. The Morgan fingerprint density at radius 3 is 1.60 bits per heavy atom. The summed E-state index contributed by atoms with van der Waals surface area (Å²) in [6, 6.07) is 0. The van der Waals surface area contributed by atoms with Crippen LogP contribution in [0.25, 0.3) is 0 Å². The number of nitrogens with one attached hydrogen (secondary N) is 2. The number of hydrogen-bond acceptors (Lipinski definition) is 2. The van der Waals surface area contributed by atoms with E-state index in [4.69, 9.17) is 0 Å². The van der Waals surface area contributed by atoms with Crippen molar-refractivity contribution in [3.8, 4) is 0 Å². The quantitative estimate of drug-likeness (QED) is 0.459. The molecule has 0 spiro atoms. The van der Waals surface area contributed by atoms with Crippen LogP contribution in [0.1, 0.15) is 19.3 Å². The van der Waals surface area contributed by atoms with Crippen LogP contribution in [0.4, 0.5) is 0 Å². The van der Waals surface area contributed by atoms with Crippen LogP contribution in [-0.2, 0) is 9.59 Å². The summed E-state index contributed by atoms with van der Waals surface area (Å²) >= 11 is 0. The molecule has 0 saturated carbocycles. The van der Waals surface area contributed by atoms with E-state index in [0.29, 0.717) is 13.1 Å². The largest absolute Gasteiger partial charge is 0.353 e. The first-order valence-corrected chi connectivity index (χ1v) is 5.01. The number of amides is 2. The van der Waals surface area contributed by atoms with Crippen molar-refractivity contribution < 1.29 is 9.59 Å². The fourth-order valence-corrected chi connectivity index (χ4v) is 0.994. The van der Waals surface area contributed by atoms with Gasteiger partial charge in [-0.15, -0.1) is 0 Å². The molecule has 0 radical (unpaired) electrons. The van der Waals surface area contributed by atoms with Crippen molar-refractivity contribution in [2.24, 2.45) is 0 Å². The summed E-state index contributed by atoms with van der Waals surface area (Å²) in [5.74, 6) is -0.287. The van der Waals surface area contributed by atoms with Crippen molar-refractivity contribution in [1.82, 2.24) is 10.6 Å². The number of carbonyl (C=O) groups is 2. The summed E-state index contributed by atoms with van der Waals surface area (Å²) in [5.41, 5.74) is 0.